The van der Waals surface area contributed by atoms with Crippen molar-refractivity contribution >= 4 is 35.2 Å². The number of nitrogens with one attached hydrogen (secondary N) is 4. The highest BCUT2D eigenvalue weighted by Gasteiger charge is 2.18. The summed E-state index contributed by atoms with van der Waals surface area (Å²) in [5.41, 5.74) is -0.449. The summed E-state index contributed by atoms with van der Waals surface area (Å²) in [6.07, 6.45) is 0. The quantitative estimate of drug-likeness (QED) is 0.352. The van der Waals surface area contributed by atoms with Crippen molar-refractivity contribution in [2.45, 2.75) is 19.9 Å². The van der Waals surface area contributed by atoms with Crippen molar-refractivity contribution in [3.05, 3.63) is 59.4 Å². The smallest absolute Gasteiger partial charge is 0.340 e. The Labute approximate surface area is 186 Å². The van der Waals surface area contributed by atoms with Gasteiger partial charge in [0, 0.05) is 6.04 Å². The molecule has 4 N–H and O–H groups in total. The Morgan fingerprint density at radius 2 is 1.58 bits per heavy atom. The van der Waals surface area contributed by atoms with E-state index in [-0.39, 0.29) is 17.3 Å². The highest BCUT2D eigenvalue weighted by Crippen LogP contribution is 2.19. The van der Waals surface area contributed by atoms with Crippen LogP contribution in [-0.4, -0.2) is 43.0 Å². The number of ether oxygens (including phenoxy) is 1. The minimum atomic E-state index is -1.75. The summed E-state index contributed by atoms with van der Waals surface area (Å²) < 4.78 is 44.5. The van der Waals surface area contributed by atoms with Crippen LogP contribution in [0.2, 0.25) is 0 Å². The molecule has 0 bridgehead atoms. The number of hydrogen-bond donors (Lipinski definition) is 4. The average molecular weight is 466 g/mol. The Morgan fingerprint density at radius 1 is 0.879 bits per heavy atom. The molecule has 0 aromatic heterocycles. The maximum atomic E-state index is 13.6. The summed E-state index contributed by atoms with van der Waals surface area (Å²) in [6.45, 7) is 2.11. The molecule has 4 amide bonds. The van der Waals surface area contributed by atoms with Gasteiger partial charge in [-0.15, -0.1) is 0 Å². The van der Waals surface area contributed by atoms with E-state index < -0.39 is 60.1 Å². The topological polar surface area (TPSA) is 126 Å². The molecule has 0 saturated heterocycles. The Morgan fingerprint density at radius 3 is 2.27 bits per heavy atom. The van der Waals surface area contributed by atoms with Gasteiger partial charge in [0.05, 0.1) is 23.5 Å². The predicted molar refractivity (Wildman–Crippen MR) is 112 cm³/mol. The number of esters is 1. The Bertz CT molecular complexity index is 1060. The fourth-order valence-electron chi connectivity index (χ4n) is 2.45. The van der Waals surface area contributed by atoms with Crippen LogP contribution in [0.25, 0.3) is 0 Å². The van der Waals surface area contributed by atoms with Crippen LogP contribution in [0.1, 0.15) is 24.2 Å². The van der Waals surface area contributed by atoms with E-state index in [1.807, 2.05) is 5.32 Å². The molecule has 0 spiro atoms. The molecule has 176 valence electrons. The Hall–Kier alpha value is -4.09. The van der Waals surface area contributed by atoms with Gasteiger partial charge in [0.25, 0.3) is 5.91 Å². The minimum absolute atomic E-state index is 0.00393. The zero-order chi connectivity index (χ0) is 24.5. The summed E-state index contributed by atoms with van der Waals surface area (Å²) >= 11 is 0. The molecule has 0 aliphatic carbocycles. The molecule has 33 heavy (non-hydrogen) atoms. The van der Waals surface area contributed by atoms with Crippen molar-refractivity contribution in [1.29, 1.82) is 0 Å². The summed E-state index contributed by atoms with van der Waals surface area (Å²) in [5.74, 6) is -7.44. The van der Waals surface area contributed by atoms with E-state index >= 15 is 0 Å². The van der Waals surface area contributed by atoms with E-state index in [0.717, 1.165) is 6.07 Å². The van der Waals surface area contributed by atoms with Crippen LogP contribution in [0, 0.1) is 17.5 Å². The lowest BCUT2D eigenvalue weighted by atomic mass is 10.2. The van der Waals surface area contributed by atoms with Gasteiger partial charge in [-0.05, 0) is 38.1 Å². The summed E-state index contributed by atoms with van der Waals surface area (Å²) in [6, 6.07) is 6.75. The number of hydrogen-bond acceptors (Lipinski definition) is 5. The van der Waals surface area contributed by atoms with Gasteiger partial charge in [0.1, 0.15) is 0 Å². The van der Waals surface area contributed by atoms with Gasteiger partial charge < -0.3 is 26.0 Å². The molecule has 0 atom stereocenters. The van der Waals surface area contributed by atoms with Gasteiger partial charge in [-0.3, -0.25) is 9.59 Å². The normalized spacial score (nSPS) is 10.4. The molecule has 0 unspecified atom stereocenters. The highest BCUT2D eigenvalue weighted by atomic mass is 19.2. The van der Waals surface area contributed by atoms with E-state index in [1.165, 1.54) is 18.2 Å². The molecular weight excluding hydrogens is 445 g/mol. The maximum Gasteiger partial charge on any atom is 0.340 e. The third kappa shape index (κ3) is 7.52. The van der Waals surface area contributed by atoms with Crippen molar-refractivity contribution in [3.63, 3.8) is 0 Å². The van der Waals surface area contributed by atoms with Gasteiger partial charge in [-0.1, -0.05) is 12.1 Å². The highest BCUT2D eigenvalue weighted by molar-refractivity contribution is 6.01. The summed E-state index contributed by atoms with van der Waals surface area (Å²) in [4.78, 5) is 47.8. The van der Waals surface area contributed by atoms with Crippen LogP contribution in [0.15, 0.2) is 36.4 Å². The molecule has 2 aromatic carbocycles. The zero-order valence-electron chi connectivity index (χ0n) is 17.6. The second-order valence-corrected chi connectivity index (χ2v) is 6.92. The molecule has 9 nitrogen and oxygen atoms in total. The zero-order valence-corrected chi connectivity index (χ0v) is 17.6. The van der Waals surface area contributed by atoms with Gasteiger partial charge in [-0.2, -0.15) is 0 Å². The van der Waals surface area contributed by atoms with Crippen LogP contribution >= 0.6 is 0 Å². The molecule has 0 saturated carbocycles. The lowest BCUT2D eigenvalue weighted by Crippen LogP contribution is -2.36. The standard InChI is InChI=1S/C21H21F3N4O5/c1-11(2)26-21(32)28-14-6-4-3-5-12(14)20(31)33-10-17(30)25-9-16(29)27-15-8-7-13(22)18(23)19(15)24/h3-8,11H,9-10H2,1-2H3,(H,25,30)(H,27,29)(H2,26,28,32). The van der Waals surface area contributed by atoms with Crippen LogP contribution < -0.4 is 21.3 Å². The first-order valence-electron chi connectivity index (χ1n) is 9.62. The lowest BCUT2D eigenvalue weighted by molar-refractivity contribution is -0.126. The van der Waals surface area contributed by atoms with Gasteiger partial charge >= 0.3 is 12.0 Å². The molecule has 0 radical (unpaired) electrons. The summed E-state index contributed by atoms with van der Waals surface area (Å²) in [5, 5.41) is 9.19. The molecule has 2 aromatic rings. The second kappa shape index (κ2) is 11.5. The molecule has 12 heteroatoms. The number of halogens is 3. The molecule has 0 aliphatic heterocycles. The monoisotopic (exact) mass is 466 g/mol. The molecule has 0 aliphatic rings. The molecule has 0 heterocycles. The lowest BCUT2D eigenvalue weighted by Gasteiger charge is -2.13. The maximum absolute atomic E-state index is 13.6. The Kier molecular flexibility index (Phi) is 8.78. The average Bonchev–Trinajstić information content (AvgIpc) is 2.76. The minimum Gasteiger partial charge on any atom is -0.452 e. The first-order valence-corrected chi connectivity index (χ1v) is 9.62. The Balaban J connectivity index is 1.85. The second-order valence-electron chi connectivity index (χ2n) is 6.92. The van der Waals surface area contributed by atoms with Gasteiger partial charge in [-0.25, -0.2) is 22.8 Å². The first-order chi connectivity index (χ1) is 15.6. The third-order valence-corrected chi connectivity index (χ3v) is 3.90. The van der Waals surface area contributed by atoms with Crippen LogP contribution in [-0.2, 0) is 14.3 Å². The van der Waals surface area contributed by atoms with Crippen LogP contribution in [0.3, 0.4) is 0 Å². The van der Waals surface area contributed by atoms with Crippen molar-refractivity contribution in [2.24, 2.45) is 0 Å². The first kappa shape index (κ1) is 25.2. The van der Waals surface area contributed by atoms with Crippen molar-refractivity contribution in [3.8, 4) is 0 Å². The van der Waals surface area contributed by atoms with E-state index in [9.17, 15) is 32.3 Å². The van der Waals surface area contributed by atoms with Gasteiger partial charge in [0.15, 0.2) is 24.1 Å². The molecule has 0 fully saturated rings. The van der Waals surface area contributed by atoms with Gasteiger partial charge in [0.2, 0.25) is 5.91 Å². The summed E-state index contributed by atoms with van der Waals surface area (Å²) in [7, 11) is 0. The number of carbonyl (C=O) groups excluding carboxylic acids is 4. The van der Waals surface area contributed by atoms with Crippen molar-refractivity contribution in [2.75, 3.05) is 23.8 Å². The molecular formula is C21H21F3N4O5. The number of para-hydroxylation sites is 1. The van der Waals surface area contributed by atoms with E-state index in [2.05, 4.69) is 16.0 Å². The van der Waals surface area contributed by atoms with Crippen LogP contribution in [0.5, 0.6) is 0 Å². The number of urea groups is 1. The van der Waals surface area contributed by atoms with Crippen molar-refractivity contribution in [1.82, 2.24) is 10.6 Å². The number of amides is 4. The van der Waals surface area contributed by atoms with Crippen LogP contribution in [0.4, 0.5) is 29.3 Å². The number of rotatable bonds is 8. The predicted octanol–water partition coefficient (Wildman–Crippen LogP) is 2.55. The molecule has 2 rings (SSSR count). The fraction of sp³-hybridized carbons (Fsp3) is 0.238. The third-order valence-electron chi connectivity index (χ3n) is 3.90. The van der Waals surface area contributed by atoms with Crippen molar-refractivity contribution < 1.29 is 37.1 Å². The van der Waals surface area contributed by atoms with E-state index in [0.29, 0.717) is 6.07 Å². The number of anilines is 2. The van der Waals surface area contributed by atoms with E-state index in [4.69, 9.17) is 4.74 Å². The fourth-order valence-corrected chi connectivity index (χ4v) is 2.45. The number of benzene rings is 2. The van der Waals surface area contributed by atoms with E-state index in [1.54, 1.807) is 19.9 Å². The largest absolute Gasteiger partial charge is 0.452 e. The SMILES string of the molecule is CC(C)NC(=O)Nc1ccccc1C(=O)OCC(=O)NCC(=O)Nc1ccc(F)c(F)c1F. The number of carbonyl (C=O) groups is 4.